The van der Waals surface area contributed by atoms with E-state index in [0.717, 1.165) is 4.90 Å². The van der Waals surface area contributed by atoms with E-state index >= 15 is 0 Å². The van der Waals surface area contributed by atoms with Crippen molar-refractivity contribution < 1.29 is 22.7 Å². The molecule has 0 atom stereocenters. The molecule has 1 aromatic carbocycles. The van der Waals surface area contributed by atoms with Gasteiger partial charge in [-0.25, -0.2) is 0 Å². The highest BCUT2D eigenvalue weighted by molar-refractivity contribution is 5.99. The van der Waals surface area contributed by atoms with E-state index in [1.165, 1.54) is 25.3 Å². The number of anilines is 1. The van der Waals surface area contributed by atoms with Gasteiger partial charge in [-0.1, -0.05) is 13.3 Å². The molecule has 2 N–H and O–H groups in total. The lowest BCUT2D eigenvalue weighted by atomic mass is 10.1. The van der Waals surface area contributed by atoms with Gasteiger partial charge in [-0.2, -0.15) is 13.2 Å². The largest absolute Gasteiger partial charge is 0.497 e. The molecular formula is C14H19F3N2O2. The van der Waals surface area contributed by atoms with Crippen molar-refractivity contribution in [3.8, 4) is 5.75 Å². The lowest BCUT2D eigenvalue weighted by Gasteiger charge is -2.24. The van der Waals surface area contributed by atoms with E-state index in [4.69, 9.17) is 10.5 Å². The third-order valence-corrected chi connectivity index (χ3v) is 2.93. The van der Waals surface area contributed by atoms with Gasteiger partial charge in [0.25, 0.3) is 5.91 Å². The molecule has 0 fully saturated rings. The number of carbonyl (C=O) groups excluding carboxylic acids is 1. The quantitative estimate of drug-likeness (QED) is 0.822. The number of halogens is 3. The fourth-order valence-corrected chi connectivity index (χ4v) is 1.85. The number of ether oxygens (including phenoxy) is 1. The Balaban J connectivity index is 2.98. The number of nitrogens with zero attached hydrogens (tertiary/aromatic N) is 1. The molecule has 0 aromatic heterocycles. The highest BCUT2D eigenvalue weighted by Crippen LogP contribution is 2.23. The summed E-state index contributed by atoms with van der Waals surface area (Å²) in [5.41, 5.74) is 5.87. The first-order chi connectivity index (χ1) is 9.78. The summed E-state index contributed by atoms with van der Waals surface area (Å²) in [6.45, 7) is 0.607. The number of nitrogen functional groups attached to an aromatic ring is 1. The molecule has 0 heterocycles. The first kappa shape index (κ1) is 17.1. The van der Waals surface area contributed by atoms with Gasteiger partial charge in [0, 0.05) is 18.3 Å². The number of methoxy groups -OCH3 is 1. The van der Waals surface area contributed by atoms with Gasteiger partial charge in [-0.05, 0) is 18.6 Å². The summed E-state index contributed by atoms with van der Waals surface area (Å²) in [6, 6.07) is 4.29. The maximum absolute atomic E-state index is 12.6. The number of unbranched alkanes of at least 4 members (excludes halogenated alkanes) is 1. The summed E-state index contributed by atoms with van der Waals surface area (Å²) in [7, 11) is 1.44. The van der Waals surface area contributed by atoms with Crippen LogP contribution in [0.25, 0.3) is 0 Å². The SMILES string of the molecule is CCCCN(CC(F)(F)F)C(=O)c1ccc(OC)cc1N. The zero-order valence-electron chi connectivity index (χ0n) is 12.0. The molecule has 0 radical (unpaired) electrons. The second kappa shape index (κ2) is 7.19. The molecule has 1 amide bonds. The van der Waals surface area contributed by atoms with Crippen molar-refractivity contribution in [2.24, 2.45) is 0 Å². The number of nitrogens with two attached hydrogens (primary N) is 1. The second-order valence-corrected chi connectivity index (χ2v) is 4.65. The molecule has 0 aliphatic carbocycles. The Hall–Kier alpha value is -1.92. The van der Waals surface area contributed by atoms with Gasteiger partial charge in [-0.3, -0.25) is 4.79 Å². The third-order valence-electron chi connectivity index (χ3n) is 2.93. The Morgan fingerprint density at radius 3 is 2.52 bits per heavy atom. The number of hydrogen-bond donors (Lipinski definition) is 1. The van der Waals surface area contributed by atoms with Crippen molar-refractivity contribution >= 4 is 11.6 Å². The fourth-order valence-electron chi connectivity index (χ4n) is 1.85. The van der Waals surface area contributed by atoms with Gasteiger partial charge < -0.3 is 15.4 Å². The van der Waals surface area contributed by atoms with Crippen molar-refractivity contribution in [3.05, 3.63) is 23.8 Å². The average molecular weight is 304 g/mol. The van der Waals surface area contributed by atoms with E-state index in [1.54, 1.807) is 0 Å². The van der Waals surface area contributed by atoms with E-state index in [9.17, 15) is 18.0 Å². The van der Waals surface area contributed by atoms with Crippen LogP contribution in [0, 0.1) is 0 Å². The predicted octanol–water partition coefficient (Wildman–Crippen LogP) is 3.08. The third kappa shape index (κ3) is 5.17. The number of rotatable bonds is 6. The first-order valence-electron chi connectivity index (χ1n) is 6.58. The topological polar surface area (TPSA) is 55.6 Å². The zero-order chi connectivity index (χ0) is 16.0. The Bertz CT molecular complexity index is 490. The highest BCUT2D eigenvalue weighted by Gasteiger charge is 2.33. The Labute approximate surface area is 121 Å². The van der Waals surface area contributed by atoms with Gasteiger partial charge in [0.1, 0.15) is 12.3 Å². The highest BCUT2D eigenvalue weighted by atomic mass is 19.4. The van der Waals surface area contributed by atoms with Crippen LogP contribution in [0.4, 0.5) is 18.9 Å². The molecule has 21 heavy (non-hydrogen) atoms. The average Bonchev–Trinajstić information content (AvgIpc) is 2.41. The van der Waals surface area contributed by atoms with Crippen LogP contribution in [0.3, 0.4) is 0 Å². The molecule has 0 aliphatic rings. The molecule has 4 nitrogen and oxygen atoms in total. The fraction of sp³-hybridized carbons (Fsp3) is 0.500. The number of amides is 1. The van der Waals surface area contributed by atoms with Crippen LogP contribution in [0.15, 0.2) is 18.2 Å². The molecule has 0 saturated carbocycles. The minimum absolute atomic E-state index is 0.0420. The summed E-state index contributed by atoms with van der Waals surface area (Å²) in [5, 5.41) is 0. The monoisotopic (exact) mass is 304 g/mol. The van der Waals surface area contributed by atoms with Gasteiger partial charge in [0.2, 0.25) is 0 Å². The van der Waals surface area contributed by atoms with E-state index in [1.807, 2.05) is 6.92 Å². The Morgan fingerprint density at radius 2 is 2.05 bits per heavy atom. The van der Waals surface area contributed by atoms with Crippen molar-refractivity contribution in [3.63, 3.8) is 0 Å². The molecule has 1 rings (SSSR count). The van der Waals surface area contributed by atoms with Gasteiger partial charge in [0.05, 0.1) is 12.7 Å². The van der Waals surface area contributed by atoms with E-state index < -0.39 is 18.6 Å². The summed E-state index contributed by atoms with van der Waals surface area (Å²) < 4.78 is 42.7. The van der Waals surface area contributed by atoms with Crippen LogP contribution in [0.1, 0.15) is 30.1 Å². The summed E-state index contributed by atoms with van der Waals surface area (Å²) in [4.78, 5) is 13.0. The van der Waals surface area contributed by atoms with E-state index in [-0.39, 0.29) is 17.8 Å². The zero-order valence-corrected chi connectivity index (χ0v) is 12.0. The number of hydrogen-bond acceptors (Lipinski definition) is 3. The van der Waals surface area contributed by atoms with Crippen LogP contribution >= 0.6 is 0 Å². The molecule has 0 spiro atoms. The lowest BCUT2D eigenvalue weighted by molar-refractivity contribution is -0.140. The Kier molecular flexibility index (Phi) is 5.87. The number of benzene rings is 1. The molecular weight excluding hydrogens is 285 g/mol. The van der Waals surface area contributed by atoms with E-state index in [0.29, 0.717) is 18.6 Å². The molecule has 118 valence electrons. The van der Waals surface area contributed by atoms with Crippen LogP contribution in [0.5, 0.6) is 5.75 Å². The second-order valence-electron chi connectivity index (χ2n) is 4.65. The maximum Gasteiger partial charge on any atom is 0.406 e. The molecule has 7 heteroatoms. The van der Waals surface area contributed by atoms with Crippen molar-refractivity contribution in [1.82, 2.24) is 4.90 Å². The summed E-state index contributed by atoms with van der Waals surface area (Å²) in [6.07, 6.45) is -3.25. The lowest BCUT2D eigenvalue weighted by Crippen LogP contribution is -2.39. The molecule has 0 saturated heterocycles. The predicted molar refractivity (Wildman–Crippen MR) is 74.3 cm³/mol. The van der Waals surface area contributed by atoms with Gasteiger partial charge in [0.15, 0.2) is 0 Å². The van der Waals surface area contributed by atoms with Gasteiger partial charge >= 0.3 is 6.18 Å². The van der Waals surface area contributed by atoms with Crippen molar-refractivity contribution in [1.29, 1.82) is 0 Å². The summed E-state index contributed by atoms with van der Waals surface area (Å²) in [5.74, 6) is -0.277. The van der Waals surface area contributed by atoms with Crippen molar-refractivity contribution in [2.45, 2.75) is 25.9 Å². The summed E-state index contributed by atoms with van der Waals surface area (Å²) >= 11 is 0. The van der Waals surface area contributed by atoms with Crippen LogP contribution < -0.4 is 10.5 Å². The molecule has 0 aliphatic heterocycles. The van der Waals surface area contributed by atoms with Crippen LogP contribution in [-0.4, -0.2) is 37.2 Å². The minimum atomic E-state index is -4.44. The Morgan fingerprint density at radius 1 is 1.38 bits per heavy atom. The standard InChI is InChI=1S/C14H19F3N2O2/c1-3-4-7-19(9-14(15,16)17)13(20)11-6-5-10(21-2)8-12(11)18/h5-6,8H,3-4,7,9,18H2,1-2H3. The van der Waals surface area contributed by atoms with Crippen LogP contribution in [-0.2, 0) is 0 Å². The van der Waals surface area contributed by atoms with E-state index in [2.05, 4.69) is 0 Å². The van der Waals surface area contributed by atoms with Gasteiger partial charge in [-0.15, -0.1) is 0 Å². The molecule has 0 unspecified atom stereocenters. The van der Waals surface area contributed by atoms with Crippen LogP contribution in [0.2, 0.25) is 0 Å². The molecule has 0 bridgehead atoms. The first-order valence-corrected chi connectivity index (χ1v) is 6.58. The number of carbonyl (C=O) groups is 1. The maximum atomic E-state index is 12.6. The normalized spacial score (nSPS) is 11.3. The molecule has 1 aromatic rings. The minimum Gasteiger partial charge on any atom is -0.497 e. The number of alkyl halides is 3. The smallest absolute Gasteiger partial charge is 0.406 e. The van der Waals surface area contributed by atoms with Crippen molar-refractivity contribution in [2.75, 3.05) is 25.9 Å².